The van der Waals surface area contributed by atoms with Gasteiger partial charge < -0.3 is 9.84 Å². The second kappa shape index (κ2) is 6.47. The number of methoxy groups -OCH3 is 1. The van der Waals surface area contributed by atoms with Gasteiger partial charge in [0, 0.05) is 32.2 Å². The molecule has 2 aromatic rings. The van der Waals surface area contributed by atoms with Crippen molar-refractivity contribution >= 4 is 5.97 Å². The Hall–Kier alpha value is -2.25. The summed E-state index contributed by atoms with van der Waals surface area (Å²) >= 11 is 0. The molecule has 0 amide bonds. The maximum Gasteiger partial charge on any atom is 0.326 e. The van der Waals surface area contributed by atoms with Gasteiger partial charge in [-0.1, -0.05) is 6.07 Å². The Bertz CT molecular complexity index is 656. The van der Waals surface area contributed by atoms with Gasteiger partial charge in [0.2, 0.25) is 0 Å². The van der Waals surface area contributed by atoms with Gasteiger partial charge >= 0.3 is 5.97 Å². The maximum absolute atomic E-state index is 11.8. The molecule has 1 saturated heterocycles. The van der Waals surface area contributed by atoms with Gasteiger partial charge in [-0.2, -0.15) is 0 Å². The number of likely N-dealkylation sites (tertiary alicyclic amines) is 1. The van der Waals surface area contributed by atoms with Crippen molar-refractivity contribution < 1.29 is 14.6 Å². The Morgan fingerprint density at radius 3 is 2.96 bits per heavy atom. The molecule has 3 rings (SSSR count). The Morgan fingerprint density at radius 2 is 2.35 bits per heavy atom. The first-order chi connectivity index (χ1) is 11.2. The highest BCUT2D eigenvalue weighted by Crippen LogP contribution is 2.31. The predicted molar refractivity (Wildman–Crippen MR) is 83.2 cm³/mol. The van der Waals surface area contributed by atoms with Crippen LogP contribution in [0.4, 0.5) is 0 Å². The van der Waals surface area contributed by atoms with Crippen LogP contribution in [0.3, 0.4) is 0 Å². The molecule has 1 aliphatic heterocycles. The van der Waals surface area contributed by atoms with E-state index in [1.165, 1.54) is 0 Å². The number of pyridine rings is 1. The van der Waals surface area contributed by atoms with Crippen LogP contribution in [0.25, 0.3) is 5.82 Å². The number of carboxylic acids is 1. The quantitative estimate of drug-likeness (QED) is 0.866. The summed E-state index contributed by atoms with van der Waals surface area (Å²) in [7, 11) is 1.54. The highest BCUT2D eigenvalue weighted by Gasteiger charge is 2.47. The Morgan fingerprint density at radius 1 is 1.48 bits per heavy atom. The van der Waals surface area contributed by atoms with Gasteiger partial charge in [-0.15, -0.1) is 0 Å². The van der Waals surface area contributed by atoms with Crippen LogP contribution in [0, 0.1) is 0 Å². The topological polar surface area (TPSA) is 80.5 Å². The predicted octanol–water partition coefficient (Wildman–Crippen LogP) is 1.33. The molecule has 0 bridgehead atoms. The van der Waals surface area contributed by atoms with Crippen LogP contribution in [-0.2, 0) is 16.1 Å². The van der Waals surface area contributed by atoms with E-state index in [1.54, 1.807) is 25.8 Å². The third-order valence-electron chi connectivity index (χ3n) is 4.36. The number of rotatable bonds is 6. The van der Waals surface area contributed by atoms with Crippen molar-refractivity contribution in [2.75, 3.05) is 20.3 Å². The lowest BCUT2D eigenvalue weighted by Gasteiger charge is -2.34. The molecule has 7 nitrogen and oxygen atoms in total. The molecule has 1 atom stereocenters. The summed E-state index contributed by atoms with van der Waals surface area (Å²) in [5.41, 5.74) is 0.0510. The number of hydrogen-bond donors (Lipinski definition) is 1. The number of carboxylic acid groups (broad SMARTS) is 1. The van der Waals surface area contributed by atoms with E-state index in [9.17, 15) is 9.90 Å². The maximum atomic E-state index is 11.8. The monoisotopic (exact) mass is 316 g/mol. The van der Waals surface area contributed by atoms with Crippen molar-refractivity contribution in [2.24, 2.45) is 0 Å². The van der Waals surface area contributed by atoms with Gasteiger partial charge in [-0.3, -0.25) is 14.3 Å². The summed E-state index contributed by atoms with van der Waals surface area (Å²) in [6, 6.07) is 3.88. The molecule has 122 valence electrons. The van der Waals surface area contributed by atoms with Crippen LogP contribution in [0.15, 0.2) is 37.1 Å². The summed E-state index contributed by atoms with van der Waals surface area (Å²) in [5, 5.41) is 9.66. The molecular formula is C16H20N4O3. The van der Waals surface area contributed by atoms with Crippen LogP contribution < -0.4 is 0 Å². The first kappa shape index (κ1) is 15.6. The van der Waals surface area contributed by atoms with Crippen molar-refractivity contribution in [1.82, 2.24) is 19.4 Å². The summed E-state index contributed by atoms with van der Waals surface area (Å²) in [4.78, 5) is 22.2. The molecule has 0 aliphatic carbocycles. The zero-order valence-electron chi connectivity index (χ0n) is 13.1. The van der Waals surface area contributed by atoms with Crippen molar-refractivity contribution in [3.05, 3.63) is 42.6 Å². The SMILES string of the molecule is COCC1(C(=O)O)CCCN1Cc1ccc(-n2ccnc2)nc1. The molecule has 3 heterocycles. The molecule has 23 heavy (non-hydrogen) atoms. The summed E-state index contributed by atoms with van der Waals surface area (Å²) < 4.78 is 7.00. The molecule has 1 fully saturated rings. The molecule has 7 heteroatoms. The van der Waals surface area contributed by atoms with E-state index in [-0.39, 0.29) is 6.61 Å². The number of ether oxygens (including phenoxy) is 1. The minimum atomic E-state index is -0.933. The zero-order valence-corrected chi connectivity index (χ0v) is 13.1. The van der Waals surface area contributed by atoms with Crippen LogP contribution in [0.1, 0.15) is 18.4 Å². The van der Waals surface area contributed by atoms with Crippen molar-refractivity contribution in [2.45, 2.75) is 24.9 Å². The number of nitrogens with zero attached hydrogens (tertiary/aromatic N) is 4. The van der Waals surface area contributed by atoms with E-state index in [0.717, 1.165) is 24.3 Å². The fourth-order valence-electron chi connectivity index (χ4n) is 3.15. The Kier molecular flexibility index (Phi) is 4.40. The minimum Gasteiger partial charge on any atom is -0.480 e. The second-order valence-corrected chi connectivity index (χ2v) is 5.79. The number of imidazole rings is 1. The molecule has 1 unspecified atom stereocenters. The standard InChI is InChI=1S/C16H20N4O3/c1-23-11-16(15(21)22)5-2-7-20(16)10-13-3-4-14(18-9-13)19-8-6-17-12-19/h3-4,6,8-9,12H,2,5,7,10-11H2,1H3,(H,21,22). The number of hydrogen-bond acceptors (Lipinski definition) is 5. The number of aromatic nitrogens is 3. The highest BCUT2D eigenvalue weighted by molar-refractivity contribution is 5.79. The average Bonchev–Trinajstić information content (AvgIpc) is 3.20. The van der Waals surface area contributed by atoms with Gasteiger partial charge in [-0.25, -0.2) is 9.97 Å². The van der Waals surface area contributed by atoms with E-state index in [0.29, 0.717) is 13.0 Å². The molecule has 1 N–H and O–H groups in total. The van der Waals surface area contributed by atoms with Crippen LogP contribution >= 0.6 is 0 Å². The average molecular weight is 316 g/mol. The van der Waals surface area contributed by atoms with E-state index in [4.69, 9.17) is 4.74 Å². The van der Waals surface area contributed by atoms with Gasteiger partial charge in [0.25, 0.3) is 0 Å². The van der Waals surface area contributed by atoms with Gasteiger partial charge in [-0.05, 0) is 31.0 Å². The smallest absolute Gasteiger partial charge is 0.326 e. The van der Waals surface area contributed by atoms with Gasteiger partial charge in [0.1, 0.15) is 17.7 Å². The van der Waals surface area contributed by atoms with Gasteiger partial charge in [0.05, 0.1) is 6.61 Å². The van der Waals surface area contributed by atoms with Crippen LogP contribution in [0.2, 0.25) is 0 Å². The second-order valence-electron chi connectivity index (χ2n) is 5.79. The van der Waals surface area contributed by atoms with E-state index in [2.05, 4.69) is 9.97 Å². The van der Waals surface area contributed by atoms with Gasteiger partial charge in [0.15, 0.2) is 0 Å². The minimum absolute atomic E-state index is 0.197. The molecule has 0 radical (unpaired) electrons. The molecule has 0 spiro atoms. The summed E-state index contributed by atoms with van der Waals surface area (Å²) in [6.45, 7) is 1.49. The molecule has 1 aliphatic rings. The first-order valence-corrected chi connectivity index (χ1v) is 7.56. The molecule has 0 aromatic carbocycles. The summed E-state index contributed by atoms with van der Waals surface area (Å²) in [6.07, 6.45) is 8.47. The lowest BCUT2D eigenvalue weighted by Crippen LogP contribution is -2.53. The number of aliphatic carboxylic acids is 1. The van der Waals surface area contributed by atoms with E-state index >= 15 is 0 Å². The summed E-state index contributed by atoms with van der Waals surface area (Å²) in [5.74, 6) is -0.0334. The molecule has 2 aromatic heterocycles. The zero-order chi connectivity index (χ0) is 16.3. The third-order valence-corrected chi connectivity index (χ3v) is 4.36. The van der Waals surface area contributed by atoms with Crippen LogP contribution in [-0.4, -0.2) is 56.3 Å². The normalized spacial score (nSPS) is 21.6. The fourth-order valence-corrected chi connectivity index (χ4v) is 3.15. The molecular weight excluding hydrogens is 296 g/mol. The lowest BCUT2D eigenvalue weighted by atomic mass is 9.97. The Labute approximate surface area is 134 Å². The van der Waals surface area contributed by atoms with E-state index in [1.807, 2.05) is 27.8 Å². The molecule has 0 saturated carbocycles. The highest BCUT2D eigenvalue weighted by atomic mass is 16.5. The van der Waals surface area contributed by atoms with E-state index < -0.39 is 11.5 Å². The largest absolute Gasteiger partial charge is 0.480 e. The first-order valence-electron chi connectivity index (χ1n) is 7.56. The fraction of sp³-hybridized carbons (Fsp3) is 0.438. The Balaban J connectivity index is 1.77. The van der Waals surface area contributed by atoms with Crippen LogP contribution in [0.5, 0.6) is 0 Å². The number of carbonyl (C=O) groups is 1. The van der Waals surface area contributed by atoms with Crippen molar-refractivity contribution in [3.8, 4) is 5.82 Å². The van der Waals surface area contributed by atoms with Crippen molar-refractivity contribution in [3.63, 3.8) is 0 Å². The third kappa shape index (κ3) is 2.97. The van der Waals surface area contributed by atoms with Crippen molar-refractivity contribution in [1.29, 1.82) is 0 Å². The lowest BCUT2D eigenvalue weighted by molar-refractivity contribution is -0.153.